The SMILES string of the molecule is c1cn2cc(-c3ccc4c(c3)CCC4)nc(Nc3ccc4c(c3)NCCO4)c2n1. The number of imidazole rings is 1. The van der Waals surface area contributed by atoms with Crippen molar-refractivity contribution in [3.63, 3.8) is 0 Å². The van der Waals surface area contributed by atoms with Crippen molar-refractivity contribution in [3.05, 3.63) is 66.1 Å². The molecule has 0 amide bonds. The van der Waals surface area contributed by atoms with E-state index in [0.717, 1.165) is 52.8 Å². The summed E-state index contributed by atoms with van der Waals surface area (Å²) in [6, 6.07) is 12.8. The van der Waals surface area contributed by atoms with Gasteiger partial charge in [0, 0.05) is 36.4 Å². The molecule has 0 saturated carbocycles. The highest BCUT2D eigenvalue weighted by Gasteiger charge is 2.15. The molecule has 0 saturated heterocycles. The summed E-state index contributed by atoms with van der Waals surface area (Å²) < 4.78 is 7.70. The van der Waals surface area contributed by atoms with E-state index in [9.17, 15) is 0 Å². The van der Waals surface area contributed by atoms with Crippen LogP contribution in [0.2, 0.25) is 0 Å². The van der Waals surface area contributed by atoms with Crippen LogP contribution >= 0.6 is 0 Å². The maximum atomic E-state index is 5.68. The molecule has 0 radical (unpaired) electrons. The van der Waals surface area contributed by atoms with Gasteiger partial charge >= 0.3 is 0 Å². The summed E-state index contributed by atoms with van der Waals surface area (Å²) in [5, 5.41) is 6.83. The van der Waals surface area contributed by atoms with Crippen molar-refractivity contribution in [2.75, 3.05) is 23.8 Å². The molecule has 0 bridgehead atoms. The molecule has 6 heteroatoms. The Labute approximate surface area is 168 Å². The van der Waals surface area contributed by atoms with Crippen LogP contribution in [0.15, 0.2) is 55.0 Å². The predicted octanol–water partition coefficient (Wildman–Crippen LogP) is 4.43. The molecule has 2 aromatic heterocycles. The molecule has 29 heavy (non-hydrogen) atoms. The number of anilines is 3. The summed E-state index contributed by atoms with van der Waals surface area (Å²) in [6.07, 6.45) is 9.40. The van der Waals surface area contributed by atoms with Crippen LogP contribution in [-0.2, 0) is 12.8 Å². The van der Waals surface area contributed by atoms with Crippen molar-refractivity contribution in [3.8, 4) is 17.0 Å². The molecule has 4 aromatic rings. The van der Waals surface area contributed by atoms with E-state index >= 15 is 0 Å². The molecule has 6 rings (SSSR count). The number of nitrogens with zero attached hydrogens (tertiary/aromatic N) is 3. The maximum Gasteiger partial charge on any atom is 0.180 e. The molecular formula is C23H21N5O. The van der Waals surface area contributed by atoms with Gasteiger partial charge in [-0.05, 0) is 54.7 Å². The molecule has 0 spiro atoms. The van der Waals surface area contributed by atoms with Gasteiger partial charge in [-0.15, -0.1) is 0 Å². The predicted molar refractivity (Wildman–Crippen MR) is 114 cm³/mol. The Balaban J connectivity index is 1.41. The number of aromatic nitrogens is 3. The van der Waals surface area contributed by atoms with Crippen LogP contribution in [0.3, 0.4) is 0 Å². The molecule has 2 N–H and O–H groups in total. The summed E-state index contributed by atoms with van der Waals surface area (Å²) in [5.74, 6) is 1.62. The van der Waals surface area contributed by atoms with Crippen molar-refractivity contribution < 1.29 is 4.74 Å². The van der Waals surface area contributed by atoms with Crippen LogP contribution in [0, 0.1) is 0 Å². The number of aryl methyl sites for hydroxylation is 2. The minimum atomic E-state index is 0.693. The third kappa shape index (κ3) is 2.88. The van der Waals surface area contributed by atoms with Gasteiger partial charge in [-0.3, -0.25) is 0 Å². The third-order valence-electron chi connectivity index (χ3n) is 5.69. The van der Waals surface area contributed by atoms with E-state index in [1.807, 2.05) is 28.9 Å². The summed E-state index contributed by atoms with van der Waals surface area (Å²) in [7, 11) is 0. The van der Waals surface area contributed by atoms with Crippen LogP contribution in [-0.4, -0.2) is 27.5 Å². The number of fused-ring (bicyclic) bond motifs is 3. The number of hydrogen-bond acceptors (Lipinski definition) is 5. The van der Waals surface area contributed by atoms with Gasteiger partial charge in [0.05, 0.1) is 11.4 Å². The zero-order valence-corrected chi connectivity index (χ0v) is 16.0. The lowest BCUT2D eigenvalue weighted by Crippen LogP contribution is -2.17. The summed E-state index contributed by atoms with van der Waals surface area (Å²) in [6.45, 7) is 1.51. The molecule has 6 nitrogen and oxygen atoms in total. The number of hydrogen-bond donors (Lipinski definition) is 2. The minimum absolute atomic E-state index is 0.693. The highest BCUT2D eigenvalue weighted by molar-refractivity contribution is 5.76. The Hall–Kier alpha value is -3.54. The van der Waals surface area contributed by atoms with Gasteiger partial charge in [0.1, 0.15) is 12.4 Å². The molecule has 144 valence electrons. The first-order valence-electron chi connectivity index (χ1n) is 10.1. The molecule has 3 heterocycles. The van der Waals surface area contributed by atoms with Gasteiger partial charge in [-0.25, -0.2) is 9.97 Å². The van der Waals surface area contributed by atoms with Crippen molar-refractivity contribution in [1.29, 1.82) is 0 Å². The fourth-order valence-corrected chi connectivity index (χ4v) is 4.24. The first-order valence-corrected chi connectivity index (χ1v) is 10.1. The van der Waals surface area contributed by atoms with E-state index in [-0.39, 0.29) is 0 Å². The van der Waals surface area contributed by atoms with E-state index in [0.29, 0.717) is 6.61 Å². The van der Waals surface area contributed by atoms with Crippen LogP contribution in [0.25, 0.3) is 16.9 Å². The van der Waals surface area contributed by atoms with Crippen LogP contribution < -0.4 is 15.4 Å². The standard InChI is InChI=1S/C23H21N5O/c1-2-15-4-5-17(12-16(15)3-1)20-14-28-10-8-25-23(28)22(27-20)26-18-6-7-21-19(13-18)24-9-11-29-21/h4-8,10,12-14,24H,1-3,9,11H2,(H,26,27). The minimum Gasteiger partial charge on any atom is -0.490 e. The number of benzene rings is 2. The maximum absolute atomic E-state index is 5.68. The van der Waals surface area contributed by atoms with Crippen LogP contribution in [0.5, 0.6) is 5.75 Å². The second-order valence-corrected chi connectivity index (χ2v) is 7.58. The number of ether oxygens (including phenoxy) is 1. The average Bonchev–Trinajstić information content (AvgIpc) is 3.42. The van der Waals surface area contributed by atoms with Gasteiger partial charge in [-0.2, -0.15) is 0 Å². The van der Waals surface area contributed by atoms with Crippen molar-refractivity contribution in [2.45, 2.75) is 19.3 Å². The number of nitrogens with one attached hydrogen (secondary N) is 2. The molecule has 1 aliphatic carbocycles. The van der Waals surface area contributed by atoms with Crippen LogP contribution in [0.4, 0.5) is 17.2 Å². The largest absolute Gasteiger partial charge is 0.490 e. The van der Waals surface area contributed by atoms with Gasteiger partial charge in [0.2, 0.25) is 0 Å². The summed E-state index contributed by atoms with van der Waals surface area (Å²) >= 11 is 0. The van der Waals surface area contributed by atoms with E-state index in [2.05, 4.69) is 39.9 Å². The topological polar surface area (TPSA) is 63.5 Å². The van der Waals surface area contributed by atoms with Gasteiger partial charge in [0.25, 0.3) is 0 Å². The third-order valence-corrected chi connectivity index (χ3v) is 5.69. The quantitative estimate of drug-likeness (QED) is 0.548. The molecule has 0 atom stereocenters. The fourth-order valence-electron chi connectivity index (χ4n) is 4.24. The van der Waals surface area contributed by atoms with Gasteiger partial charge in [-0.1, -0.05) is 12.1 Å². The Kier molecular flexibility index (Phi) is 3.69. The first kappa shape index (κ1) is 16.4. The highest BCUT2D eigenvalue weighted by Crippen LogP contribution is 2.33. The molecule has 2 aliphatic rings. The first-order chi connectivity index (χ1) is 14.3. The second-order valence-electron chi connectivity index (χ2n) is 7.58. The molecule has 2 aromatic carbocycles. The summed E-state index contributed by atoms with van der Waals surface area (Å²) in [5.41, 5.74) is 7.75. The van der Waals surface area contributed by atoms with Crippen molar-refractivity contribution in [2.24, 2.45) is 0 Å². The van der Waals surface area contributed by atoms with E-state index in [1.165, 1.54) is 24.0 Å². The Morgan fingerprint density at radius 1 is 1.07 bits per heavy atom. The van der Waals surface area contributed by atoms with Crippen molar-refractivity contribution in [1.82, 2.24) is 14.4 Å². The van der Waals surface area contributed by atoms with E-state index in [4.69, 9.17) is 9.72 Å². The molecule has 0 unspecified atom stereocenters. The normalized spacial score (nSPS) is 14.8. The number of rotatable bonds is 3. The zero-order valence-electron chi connectivity index (χ0n) is 16.0. The zero-order chi connectivity index (χ0) is 19.2. The van der Waals surface area contributed by atoms with E-state index < -0.39 is 0 Å². The Morgan fingerprint density at radius 2 is 2.03 bits per heavy atom. The lowest BCUT2D eigenvalue weighted by atomic mass is 10.0. The smallest absolute Gasteiger partial charge is 0.180 e. The molecule has 1 aliphatic heterocycles. The van der Waals surface area contributed by atoms with E-state index in [1.54, 1.807) is 6.20 Å². The highest BCUT2D eigenvalue weighted by atomic mass is 16.5. The average molecular weight is 383 g/mol. The fraction of sp³-hybridized carbons (Fsp3) is 0.217. The lowest BCUT2D eigenvalue weighted by Gasteiger charge is -2.20. The second kappa shape index (κ2) is 6.51. The van der Waals surface area contributed by atoms with Crippen molar-refractivity contribution >= 4 is 22.8 Å². The van der Waals surface area contributed by atoms with Crippen LogP contribution in [0.1, 0.15) is 17.5 Å². The molecular weight excluding hydrogens is 362 g/mol. The Morgan fingerprint density at radius 3 is 3.03 bits per heavy atom. The van der Waals surface area contributed by atoms with Gasteiger partial charge < -0.3 is 19.8 Å². The Bertz CT molecular complexity index is 1230. The van der Waals surface area contributed by atoms with Gasteiger partial charge in [0.15, 0.2) is 11.5 Å². The lowest BCUT2D eigenvalue weighted by molar-refractivity contribution is 0.323. The monoisotopic (exact) mass is 383 g/mol. The summed E-state index contributed by atoms with van der Waals surface area (Å²) in [4.78, 5) is 9.42. The molecule has 0 fully saturated rings.